The topological polar surface area (TPSA) is 182 Å². The van der Waals surface area contributed by atoms with Gasteiger partial charge in [0.05, 0.1) is 63.8 Å². The van der Waals surface area contributed by atoms with Crippen molar-refractivity contribution in [2.24, 2.45) is 10.2 Å². The van der Waals surface area contributed by atoms with Crippen LogP contribution in [-0.2, 0) is 32.0 Å². The van der Waals surface area contributed by atoms with E-state index >= 15 is 0 Å². The molecule has 14 nitrogen and oxygen atoms in total. The Kier molecular flexibility index (Phi) is 14.3. The summed E-state index contributed by atoms with van der Waals surface area (Å²) in [6, 6.07) is 15.6. The number of benzene rings is 2. The lowest BCUT2D eigenvalue weighted by Crippen LogP contribution is -2.56. The molecule has 1 aromatic heterocycles. The van der Waals surface area contributed by atoms with Crippen molar-refractivity contribution in [1.82, 2.24) is 15.0 Å². The second-order valence-electron chi connectivity index (χ2n) is 10.5. The number of unbranched alkanes of at least 4 members (excludes halogenated alkanes) is 1. The van der Waals surface area contributed by atoms with Crippen molar-refractivity contribution in [1.29, 1.82) is 0 Å². The minimum atomic E-state index is -1.50. The van der Waals surface area contributed by atoms with E-state index in [4.69, 9.17) is 23.7 Å². The molecule has 0 spiro atoms. The summed E-state index contributed by atoms with van der Waals surface area (Å²) in [6.45, 7) is 4.11. The van der Waals surface area contributed by atoms with Gasteiger partial charge in [0, 0.05) is 0 Å². The van der Waals surface area contributed by atoms with Crippen molar-refractivity contribution in [3.8, 4) is 5.75 Å². The first-order chi connectivity index (χ1) is 22.0. The highest BCUT2D eigenvalue weighted by Crippen LogP contribution is 2.28. The van der Waals surface area contributed by atoms with Gasteiger partial charge in [0.1, 0.15) is 42.5 Å². The molecule has 0 unspecified atom stereocenters. The van der Waals surface area contributed by atoms with Crippen LogP contribution in [0.2, 0.25) is 0 Å². The lowest BCUT2D eigenvalue weighted by Gasteiger charge is -2.39. The fraction of sp³-hybridized carbons (Fsp3) is 0.548. The van der Waals surface area contributed by atoms with Gasteiger partial charge in [-0.15, -0.1) is 5.10 Å². The molecule has 2 heterocycles. The van der Waals surface area contributed by atoms with Gasteiger partial charge in [-0.05, 0) is 54.8 Å². The number of rotatable bonds is 19. The van der Waals surface area contributed by atoms with Crippen LogP contribution in [0.1, 0.15) is 37.3 Å². The molecule has 0 aliphatic carbocycles. The van der Waals surface area contributed by atoms with E-state index < -0.39 is 37.3 Å². The van der Waals surface area contributed by atoms with Gasteiger partial charge in [-0.3, -0.25) is 0 Å². The molecule has 5 atom stereocenters. The molecule has 4 N–H and O–H groups in total. The maximum absolute atomic E-state index is 10.2. The largest absolute Gasteiger partial charge is 0.491 e. The van der Waals surface area contributed by atoms with E-state index in [9.17, 15) is 20.4 Å². The van der Waals surface area contributed by atoms with Crippen LogP contribution in [0.15, 0.2) is 65.0 Å². The summed E-state index contributed by atoms with van der Waals surface area (Å²) in [5, 5.41) is 55.8. The van der Waals surface area contributed by atoms with Crippen LogP contribution < -0.4 is 4.74 Å². The van der Waals surface area contributed by atoms with E-state index in [1.165, 1.54) is 29.3 Å². The van der Waals surface area contributed by atoms with Crippen LogP contribution in [0.3, 0.4) is 0 Å². The maximum Gasteiger partial charge on any atom is 0.180 e. The Morgan fingerprint density at radius 2 is 1.42 bits per heavy atom. The number of hydrogen-bond acceptors (Lipinski definition) is 13. The fourth-order valence-corrected chi connectivity index (χ4v) is 4.47. The fourth-order valence-electron chi connectivity index (χ4n) is 4.47. The van der Waals surface area contributed by atoms with Crippen LogP contribution in [0.25, 0.3) is 0 Å². The smallest absolute Gasteiger partial charge is 0.180 e. The Hall–Kier alpha value is -3.34. The number of aliphatic hydroxyl groups is 4. The second-order valence-corrected chi connectivity index (χ2v) is 10.5. The molecule has 0 bridgehead atoms. The third-order valence-electron chi connectivity index (χ3n) is 7.05. The van der Waals surface area contributed by atoms with Crippen LogP contribution in [0.5, 0.6) is 5.75 Å². The van der Waals surface area contributed by atoms with Crippen LogP contribution in [0.4, 0.5) is 11.4 Å². The Morgan fingerprint density at radius 3 is 2.07 bits per heavy atom. The number of ether oxygens (including phenoxy) is 5. The van der Waals surface area contributed by atoms with E-state index in [1.807, 2.05) is 36.4 Å². The van der Waals surface area contributed by atoms with Crippen molar-refractivity contribution in [2.75, 3.05) is 46.2 Å². The van der Waals surface area contributed by atoms with Crippen molar-refractivity contribution >= 4 is 11.4 Å². The van der Waals surface area contributed by atoms with Crippen molar-refractivity contribution in [3.63, 3.8) is 0 Å². The molecular weight excluding hydrogens is 586 g/mol. The summed E-state index contributed by atoms with van der Waals surface area (Å²) in [5.41, 5.74) is 3.35. The normalized spacial score (nSPS) is 21.8. The zero-order chi connectivity index (χ0) is 31.9. The second kappa shape index (κ2) is 18.6. The first-order valence-electron chi connectivity index (χ1n) is 15.2. The lowest BCUT2D eigenvalue weighted by atomic mass is 9.98. The summed E-state index contributed by atoms with van der Waals surface area (Å²) in [7, 11) is 0. The molecule has 246 valence electrons. The predicted molar refractivity (Wildman–Crippen MR) is 161 cm³/mol. The molecule has 0 radical (unpaired) electrons. The highest BCUT2D eigenvalue weighted by atomic mass is 16.6. The van der Waals surface area contributed by atoms with Gasteiger partial charge in [-0.1, -0.05) is 30.7 Å². The number of aliphatic hydroxyl groups excluding tert-OH is 4. The van der Waals surface area contributed by atoms with Gasteiger partial charge < -0.3 is 44.1 Å². The van der Waals surface area contributed by atoms with E-state index in [0.717, 1.165) is 23.5 Å². The third-order valence-corrected chi connectivity index (χ3v) is 7.05. The van der Waals surface area contributed by atoms with Gasteiger partial charge in [0.2, 0.25) is 0 Å². The Morgan fingerprint density at radius 1 is 0.800 bits per heavy atom. The molecular formula is C31H43N5O9. The first-order valence-corrected chi connectivity index (χ1v) is 15.2. The first kappa shape index (κ1) is 34.5. The van der Waals surface area contributed by atoms with Crippen LogP contribution >= 0.6 is 0 Å². The van der Waals surface area contributed by atoms with Gasteiger partial charge in [-0.25, -0.2) is 4.68 Å². The summed E-state index contributed by atoms with van der Waals surface area (Å²) in [4.78, 5) is 0. The van der Waals surface area contributed by atoms with Crippen molar-refractivity contribution in [3.05, 3.63) is 66.0 Å². The molecule has 4 rings (SSSR count). The van der Waals surface area contributed by atoms with Crippen molar-refractivity contribution < 1.29 is 44.1 Å². The highest BCUT2D eigenvalue weighted by molar-refractivity contribution is 5.43. The molecule has 1 saturated heterocycles. The molecule has 0 saturated carbocycles. The van der Waals surface area contributed by atoms with E-state index in [2.05, 4.69) is 39.6 Å². The maximum atomic E-state index is 10.2. The highest BCUT2D eigenvalue weighted by Gasteiger charge is 2.44. The van der Waals surface area contributed by atoms with E-state index in [0.29, 0.717) is 45.3 Å². The van der Waals surface area contributed by atoms with Gasteiger partial charge >= 0.3 is 0 Å². The molecule has 1 fully saturated rings. The summed E-state index contributed by atoms with van der Waals surface area (Å²) in [5.74, 6) is 0.722. The summed E-state index contributed by atoms with van der Waals surface area (Å²) in [6.07, 6.45) is -1.57. The minimum absolute atomic E-state index is 0.144. The van der Waals surface area contributed by atoms with E-state index in [1.54, 1.807) is 0 Å². The minimum Gasteiger partial charge on any atom is -0.491 e. The molecule has 14 heteroatoms. The number of aryl methyl sites for hydroxylation is 1. The molecule has 2 aromatic carbocycles. The van der Waals surface area contributed by atoms with Crippen LogP contribution in [-0.4, -0.2) is 106 Å². The quantitative estimate of drug-likeness (QED) is 0.113. The van der Waals surface area contributed by atoms with Crippen LogP contribution in [0, 0.1) is 0 Å². The summed E-state index contributed by atoms with van der Waals surface area (Å²) >= 11 is 0. The van der Waals surface area contributed by atoms with Gasteiger partial charge in [0.15, 0.2) is 6.23 Å². The predicted octanol–water partition coefficient (Wildman–Crippen LogP) is 2.64. The van der Waals surface area contributed by atoms with Gasteiger partial charge in [-0.2, -0.15) is 10.2 Å². The monoisotopic (exact) mass is 629 g/mol. The molecule has 45 heavy (non-hydrogen) atoms. The third kappa shape index (κ3) is 10.9. The molecule has 3 aromatic rings. The van der Waals surface area contributed by atoms with E-state index in [-0.39, 0.29) is 6.61 Å². The Bertz CT molecular complexity index is 1270. The average Bonchev–Trinajstić information content (AvgIpc) is 3.54. The average molecular weight is 630 g/mol. The van der Waals surface area contributed by atoms with Gasteiger partial charge in [0.25, 0.3) is 0 Å². The SMILES string of the molecule is CCCCc1ccc(N=Nc2ccc(OCCOCCOCCOCc3cn([C@@H]4O[C@H](CO)[C@@H](O)[C@H](O)[C@H]4O)nn3)cc2)cc1. The Balaban J connectivity index is 1.01. The van der Waals surface area contributed by atoms with Crippen molar-refractivity contribution in [2.45, 2.75) is 63.4 Å². The zero-order valence-electron chi connectivity index (χ0n) is 25.4. The number of hydrogen-bond donors (Lipinski definition) is 4. The Labute approximate surface area is 262 Å². The summed E-state index contributed by atoms with van der Waals surface area (Å²) < 4.78 is 29.0. The molecule has 0 amide bonds. The lowest BCUT2D eigenvalue weighted by molar-refractivity contribution is -0.254. The number of nitrogens with zero attached hydrogens (tertiary/aromatic N) is 5. The zero-order valence-corrected chi connectivity index (χ0v) is 25.4. The molecule has 1 aliphatic rings. The number of aromatic nitrogens is 3. The molecule has 1 aliphatic heterocycles. The number of azo groups is 1. The standard InChI is InChI=1S/C31H43N5O9/c1-2-3-4-22-5-7-23(8-6-22)32-33-24-9-11-26(12-10-24)44-18-17-42-14-13-41-15-16-43-21-25-19-36(35-34-25)31-30(40)29(39)28(38)27(20-37)45-31/h5-12,19,27-31,37-40H,2-4,13-18,20-21H2,1H3/t27-,28-,29+,30-,31-/m1/s1.